The molecule has 22 heavy (non-hydrogen) atoms. The minimum Gasteiger partial charge on any atom is -0.356 e. The molecule has 1 aromatic heterocycles. The Morgan fingerprint density at radius 1 is 1.05 bits per heavy atom. The van der Waals surface area contributed by atoms with E-state index in [1.807, 2.05) is 11.0 Å². The van der Waals surface area contributed by atoms with Gasteiger partial charge in [0.15, 0.2) is 0 Å². The number of carbonyl (C=O) groups is 2. The van der Waals surface area contributed by atoms with Crippen LogP contribution in [0.4, 0.5) is 0 Å². The van der Waals surface area contributed by atoms with E-state index in [4.69, 9.17) is 0 Å². The second-order valence-electron chi connectivity index (χ2n) is 6.46. The van der Waals surface area contributed by atoms with Crippen LogP contribution in [0.2, 0.25) is 0 Å². The van der Waals surface area contributed by atoms with Gasteiger partial charge in [0.25, 0.3) is 0 Å². The third-order valence-electron chi connectivity index (χ3n) is 5.42. The lowest BCUT2D eigenvalue weighted by Crippen LogP contribution is -2.58. The number of H-pyrrole nitrogens is 1. The first-order chi connectivity index (χ1) is 10.7. The number of piperazine rings is 1. The quantitative estimate of drug-likeness (QED) is 0.802. The van der Waals surface area contributed by atoms with E-state index in [1.54, 1.807) is 4.90 Å². The normalized spacial score (nSPS) is 27.1. The highest BCUT2D eigenvalue weighted by Gasteiger charge is 2.48. The summed E-state index contributed by atoms with van der Waals surface area (Å²) >= 11 is 0. The van der Waals surface area contributed by atoms with Crippen LogP contribution in [0.5, 0.6) is 0 Å². The monoisotopic (exact) mass is 295 g/mol. The third-order valence-corrected chi connectivity index (χ3v) is 5.42. The molecule has 0 spiro atoms. The van der Waals surface area contributed by atoms with Gasteiger partial charge in [0.2, 0.25) is 11.8 Å². The number of benzene rings is 1. The van der Waals surface area contributed by atoms with Gasteiger partial charge < -0.3 is 14.8 Å². The zero-order valence-electron chi connectivity index (χ0n) is 12.2. The van der Waals surface area contributed by atoms with Crippen molar-refractivity contribution >= 4 is 22.7 Å². The summed E-state index contributed by atoms with van der Waals surface area (Å²) in [4.78, 5) is 32.1. The van der Waals surface area contributed by atoms with Gasteiger partial charge in [-0.25, -0.2) is 0 Å². The number of nitrogens with zero attached hydrogens (tertiary/aromatic N) is 2. The van der Waals surface area contributed by atoms with Gasteiger partial charge in [-0.2, -0.15) is 0 Å². The first-order valence-corrected chi connectivity index (χ1v) is 7.93. The Bertz CT molecular complexity index is 809. The molecule has 3 aliphatic heterocycles. The first kappa shape index (κ1) is 12.3. The molecule has 3 aliphatic rings. The number of fused-ring (bicyclic) bond motifs is 6. The van der Waals surface area contributed by atoms with E-state index in [2.05, 4.69) is 23.2 Å². The largest absolute Gasteiger partial charge is 0.356 e. The van der Waals surface area contributed by atoms with Crippen LogP contribution in [0.25, 0.3) is 10.9 Å². The van der Waals surface area contributed by atoms with Crippen molar-refractivity contribution in [3.05, 3.63) is 35.5 Å². The highest BCUT2D eigenvalue weighted by molar-refractivity contribution is 5.93. The number of para-hydroxylation sites is 1. The van der Waals surface area contributed by atoms with Crippen LogP contribution in [-0.2, 0) is 16.0 Å². The number of nitrogens with one attached hydrogen (secondary N) is 1. The molecule has 4 heterocycles. The molecular weight excluding hydrogens is 278 g/mol. The molecule has 0 saturated carbocycles. The van der Waals surface area contributed by atoms with Crippen LogP contribution in [0.1, 0.15) is 30.1 Å². The highest BCUT2D eigenvalue weighted by atomic mass is 16.2. The van der Waals surface area contributed by atoms with E-state index >= 15 is 0 Å². The molecule has 2 saturated heterocycles. The standard InChI is InChI=1S/C17H17N3O2/c21-15-6-5-13-17(22)19-8-7-11-10-3-1-2-4-12(10)18-16(11)14(19)9-20(13)15/h1-4,13-14,18H,5-9H2. The summed E-state index contributed by atoms with van der Waals surface area (Å²) in [6.45, 7) is 1.39. The Morgan fingerprint density at radius 2 is 1.91 bits per heavy atom. The summed E-state index contributed by atoms with van der Waals surface area (Å²) in [6, 6.07) is 8.06. The van der Waals surface area contributed by atoms with Crippen LogP contribution in [0.3, 0.4) is 0 Å². The Kier molecular flexibility index (Phi) is 2.30. The molecule has 2 atom stereocenters. The van der Waals surface area contributed by atoms with Crippen LogP contribution >= 0.6 is 0 Å². The van der Waals surface area contributed by atoms with E-state index in [0.717, 1.165) is 24.2 Å². The maximum atomic E-state index is 12.7. The van der Waals surface area contributed by atoms with Gasteiger partial charge >= 0.3 is 0 Å². The Hall–Kier alpha value is -2.30. The van der Waals surface area contributed by atoms with Crippen molar-refractivity contribution in [1.82, 2.24) is 14.8 Å². The van der Waals surface area contributed by atoms with Crippen molar-refractivity contribution in [3.63, 3.8) is 0 Å². The lowest BCUT2D eigenvalue weighted by atomic mass is 9.93. The number of hydrogen-bond donors (Lipinski definition) is 1. The number of amides is 2. The van der Waals surface area contributed by atoms with E-state index in [-0.39, 0.29) is 23.9 Å². The van der Waals surface area contributed by atoms with E-state index < -0.39 is 0 Å². The minimum absolute atomic E-state index is 0.0121. The Morgan fingerprint density at radius 3 is 2.82 bits per heavy atom. The zero-order chi connectivity index (χ0) is 14.8. The van der Waals surface area contributed by atoms with Gasteiger partial charge in [-0.1, -0.05) is 18.2 Å². The maximum Gasteiger partial charge on any atom is 0.246 e. The molecule has 1 aromatic carbocycles. The van der Waals surface area contributed by atoms with E-state index in [0.29, 0.717) is 19.4 Å². The van der Waals surface area contributed by atoms with Crippen LogP contribution < -0.4 is 0 Å². The zero-order valence-corrected chi connectivity index (χ0v) is 12.2. The second kappa shape index (κ2) is 4.12. The summed E-state index contributed by atoms with van der Waals surface area (Å²) in [5.41, 5.74) is 3.56. The second-order valence-corrected chi connectivity index (χ2v) is 6.46. The van der Waals surface area contributed by atoms with Gasteiger partial charge in [-0.3, -0.25) is 9.59 Å². The predicted molar refractivity (Wildman–Crippen MR) is 81.2 cm³/mol. The van der Waals surface area contributed by atoms with Gasteiger partial charge in [0.05, 0.1) is 6.04 Å². The number of aromatic nitrogens is 1. The summed E-state index contributed by atoms with van der Waals surface area (Å²) in [5, 5.41) is 1.25. The summed E-state index contributed by atoms with van der Waals surface area (Å²) in [7, 11) is 0. The molecule has 0 radical (unpaired) electrons. The lowest BCUT2D eigenvalue weighted by molar-refractivity contribution is -0.151. The molecule has 0 aliphatic carbocycles. The topological polar surface area (TPSA) is 56.4 Å². The molecule has 1 N–H and O–H groups in total. The average molecular weight is 295 g/mol. The van der Waals surface area contributed by atoms with Crippen molar-refractivity contribution in [2.45, 2.75) is 31.3 Å². The van der Waals surface area contributed by atoms with Crippen molar-refractivity contribution in [1.29, 1.82) is 0 Å². The molecule has 0 bridgehead atoms. The molecule has 2 aromatic rings. The molecule has 112 valence electrons. The van der Waals surface area contributed by atoms with E-state index in [9.17, 15) is 9.59 Å². The lowest BCUT2D eigenvalue weighted by Gasteiger charge is -2.45. The van der Waals surface area contributed by atoms with Crippen LogP contribution in [0, 0.1) is 0 Å². The van der Waals surface area contributed by atoms with Crippen molar-refractivity contribution in [2.24, 2.45) is 0 Å². The molecule has 5 rings (SSSR count). The number of carbonyl (C=O) groups excluding carboxylic acids is 2. The number of rotatable bonds is 0. The molecule has 2 amide bonds. The number of aromatic amines is 1. The van der Waals surface area contributed by atoms with Gasteiger partial charge in [0.1, 0.15) is 6.04 Å². The summed E-state index contributed by atoms with van der Waals surface area (Å²) < 4.78 is 0. The molecule has 5 heteroatoms. The van der Waals surface area contributed by atoms with Crippen LogP contribution in [-0.4, -0.2) is 45.7 Å². The Balaban J connectivity index is 1.64. The van der Waals surface area contributed by atoms with Crippen molar-refractivity contribution in [3.8, 4) is 0 Å². The van der Waals surface area contributed by atoms with Crippen molar-refractivity contribution in [2.75, 3.05) is 13.1 Å². The molecule has 2 unspecified atom stereocenters. The molecule has 2 fully saturated rings. The van der Waals surface area contributed by atoms with Crippen molar-refractivity contribution < 1.29 is 9.59 Å². The SMILES string of the molecule is O=C1CCC2C(=O)N3CCc4c([nH]c5ccccc45)C3CN12. The van der Waals surface area contributed by atoms with Crippen LogP contribution in [0.15, 0.2) is 24.3 Å². The fraction of sp³-hybridized carbons (Fsp3) is 0.412. The smallest absolute Gasteiger partial charge is 0.246 e. The van der Waals surface area contributed by atoms with Gasteiger partial charge in [-0.05, 0) is 24.5 Å². The van der Waals surface area contributed by atoms with Gasteiger partial charge in [0, 0.05) is 36.1 Å². The first-order valence-electron chi connectivity index (χ1n) is 7.93. The van der Waals surface area contributed by atoms with E-state index in [1.165, 1.54) is 10.9 Å². The summed E-state index contributed by atoms with van der Waals surface area (Å²) in [6.07, 6.45) is 2.08. The Labute approximate surface area is 127 Å². The average Bonchev–Trinajstić information content (AvgIpc) is 3.09. The summed E-state index contributed by atoms with van der Waals surface area (Å²) in [5.74, 6) is 0.257. The molecular formula is C17H17N3O2. The third kappa shape index (κ3) is 1.43. The fourth-order valence-corrected chi connectivity index (χ4v) is 4.37. The predicted octanol–water partition coefficient (Wildman–Crippen LogP) is 1.60. The number of hydrogen-bond acceptors (Lipinski definition) is 2. The molecule has 5 nitrogen and oxygen atoms in total. The minimum atomic E-state index is -0.213. The fourth-order valence-electron chi connectivity index (χ4n) is 4.37. The highest BCUT2D eigenvalue weighted by Crippen LogP contribution is 2.40. The maximum absolute atomic E-state index is 12.7. The van der Waals surface area contributed by atoms with Gasteiger partial charge in [-0.15, -0.1) is 0 Å².